The predicted molar refractivity (Wildman–Crippen MR) is 93.1 cm³/mol. The Hall–Kier alpha value is -2.06. The van der Waals surface area contributed by atoms with Crippen molar-refractivity contribution in [2.45, 2.75) is 45.4 Å². The minimum Gasteiger partial charge on any atom is -0.480 e. The Balaban J connectivity index is 1.68. The molecule has 1 amide bonds. The van der Waals surface area contributed by atoms with Crippen LogP contribution in [0.5, 0.6) is 0 Å². The Morgan fingerprint density at radius 2 is 1.96 bits per heavy atom. The molecule has 2 aliphatic rings. The van der Waals surface area contributed by atoms with Crippen molar-refractivity contribution in [3.63, 3.8) is 0 Å². The minimum absolute atomic E-state index is 0.0220. The van der Waals surface area contributed by atoms with Gasteiger partial charge in [-0.2, -0.15) is 0 Å². The molecule has 0 unspecified atom stereocenters. The summed E-state index contributed by atoms with van der Waals surface area (Å²) < 4.78 is 5.01. The zero-order chi connectivity index (χ0) is 18.7. The van der Waals surface area contributed by atoms with Crippen molar-refractivity contribution in [1.29, 1.82) is 0 Å². The average Bonchev–Trinajstić information content (AvgIpc) is 2.95. The van der Waals surface area contributed by atoms with E-state index < -0.39 is 12.0 Å². The molecule has 0 saturated carbocycles. The van der Waals surface area contributed by atoms with Crippen LogP contribution >= 0.6 is 0 Å². The highest BCUT2D eigenvalue weighted by atomic mass is 16.5. The van der Waals surface area contributed by atoms with Crippen molar-refractivity contribution in [3.05, 3.63) is 23.8 Å². The molecule has 142 valence electrons. The molecule has 0 bridgehead atoms. The van der Waals surface area contributed by atoms with Gasteiger partial charge in [0.25, 0.3) is 0 Å². The SMILES string of the molecule is COCc1ncc(CN2CC3(CCN(C(C)=O)CC3)C[C@@H]2C(=O)O)cn1. The maximum atomic E-state index is 11.8. The third-order valence-electron chi connectivity index (χ3n) is 5.58. The number of amides is 1. The van der Waals surface area contributed by atoms with Gasteiger partial charge in [-0.3, -0.25) is 14.5 Å². The summed E-state index contributed by atoms with van der Waals surface area (Å²) in [5, 5.41) is 9.68. The Kier molecular flexibility index (Phi) is 5.52. The largest absolute Gasteiger partial charge is 0.480 e. The number of rotatable bonds is 5. The summed E-state index contributed by atoms with van der Waals surface area (Å²) in [6.07, 6.45) is 5.83. The molecule has 3 rings (SSSR count). The lowest BCUT2D eigenvalue weighted by Gasteiger charge is -2.39. The number of nitrogens with zero attached hydrogens (tertiary/aromatic N) is 4. The van der Waals surface area contributed by atoms with Gasteiger partial charge in [-0.15, -0.1) is 0 Å². The van der Waals surface area contributed by atoms with Gasteiger partial charge in [0.1, 0.15) is 12.6 Å². The number of aliphatic carboxylic acids is 1. The molecule has 1 atom stereocenters. The van der Waals surface area contributed by atoms with Gasteiger partial charge in [-0.05, 0) is 24.7 Å². The third-order valence-corrected chi connectivity index (χ3v) is 5.58. The van der Waals surface area contributed by atoms with E-state index >= 15 is 0 Å². The first-order valence-corrected chi connectivity index (χ1v) is 8.93. The first-order chi connectivity index (χ1) is 12.4. The van der Waals surface area contributed by atoms with E-state index in [1.54, 1.807) is 26.4 Å². The van der Waals surface area contributed by atoms with Crippen LogP contribution in [0.15, 0.2) is 12.4 Å². The fraction of sp³-hybridized carbons (Fsp3) is 0.667. The number of carboxylic acid groups (broad SMARTS) is 1. The molecule has 1 N–H and O–H groups in total. The van der Waals surface area contributed by atoms with Crippen LogP contribution < -0.4 is 0 Å². The summed E-state index contributed by atoms with van der Waals surface area (Å²) in [5.74, 6) is -0.0777. The van der Waals surface area contributed by atoms with E-state index in [0.717, 1.165) is 24.9 Å². The van der Waals surface area contributed by atoms with E-state index in [-0.39, 0.29) is 11.3 Å². The van der Waals surface area contributed by atoms with Crippen molar-refractivity contribution in [1.82, 2.24) is 19.8 Å². The van der Waals surface area contributed by atoms with Gasteiger partial charge in [0.2, 0.25) is 5.91 Å². The van der Waals surface area contributed by atoms with E-state index in [2.05, 4.69) is 9.97 Å². The van der Waals surface area contributed by atoms with Gasteiger partial charge in [0.15, 0.2) is 5.82 Å². The zero-order valence-corrected chi connectivity index (χ0v) is 15.3. The number of methoxy groups -OCH3 is 1. The van der Waals surface area contributed by atoms with E-state index in [1.807, 2.05) is 9.80 Å². The van der Waals surface area contributed by atoms with Crippen LogP contribution in [0.2, 0.25) is 0 Å². The molecule has 1 aromatic rings. The summed E-state index contributed by atoms with van der Waals surface area (Å²) in [5.41, 5.74) is 0.876. The van der Waals surface area contributed by atoms with Crippen molar-refractivity contribution < 1.29 is 19.4 Å². The van der Waals surface area contributed by atoms with Gasteiger partial charge >= 0.3 is 5.97 Å². The number of piperidine rings is 1. The monoisotopic (exact) mass is 362 g/mol. The zero-order valence-electron chi connectivity index (χ0n) is 15.3. The predicted octanol–water partition coefficient (Wildman–Crippen LogP) is 0.911. The van der Waals surface area contributed by atoms with Crippen molar-refractivity contribution >= 4 is 11.9 Å². The van der Waals surface area contributed by atoms with Crippen LogP contribution in [-0.2, 0) is 27.5 Å². The molecule has 2 saturated heterocycles. The number of carbonyl (C=O) groups excluding carboxylic acids is 1. The Labute approximate surface area is 153 Å². The first kappa shape index (κ1) is 18.7. The second-order valence-corrected chi connectivity index (χ2v) is 7.41. The maximum absolute atomic E-state index is 11.8. The fourth-order valence-corrected chi connectivity index (χ4v) is 4.11. The number of carbonyl (C=O) groups is 2. The Morgan fingerprint density at radius 3 is 2.50 bits per heavy atom. The molecule has 8 nitrogen and oxygen atoms in total. The van der Waals surface area contributed by atoms with E-state index in [4.69, 9.17) is 4.74 Å². The molecule has 3 heterocycles. The van der Waals surface area contributed by atoms with Gasteiger partial charge in [-0.1, -0.05) is 0 Å². The second-order valence-electron chi connectivity index (χ2n) is 7.41. The number of ether oxygens (including phenoxy) is 1. The molecule has 26 heavy (non-hydrogen) atoms. The summed E-state index contributed by atoms with van der Waals surface area (Å²) in [6, 6.07) is -0.502. The first-order valence-electron chi connectivity index (χ1n) is 8.93. The molecule has 0 aromatic carbocycles. The highest BCUT2D eigenvalue weighted by Gasteiger charge is 2.48. The summed E-state index contributed by atoms with van der Waals surface area (Å²) in [6.45, 7) is 4.62. The second kappa shape index (κ2) is 7.67. The van der Waals surface area contributed by atoms with Crippen LogP contribution in [0.3, 0.4) is 0 Å². The molecule has 1 aromatic heterocycles. The molecule has 0 radical (unpaired) electrons. The molecule has 8 heteroatoms. The van der Waals surface area contributed by atoms with Crippen molar-refractivity contribution in [2.24, 2.45) is 5.41 Å². The average molecular weight is 362 g/mol. The number of hydrogen-bond acceptors (Lipinski definition) is 6. The summed E-state index contributed by atoms with van der Waals surface area (Å²) in [4.78, 5) is 35.7. The van der Waals surface area contributed by atoms with Crippen molar-refractivity contribution in [3.8, 4) is 0 Å². The standard InChI is InChI=1S/C18H26N4O4/c1-13(23)21-5-3-18(4-6-21)7-15(17(24)25)22(12-18)10-14-8-19-16(11-26-2)20-9-14/h8-9,15H,3-7,10-12H2,1-2H3,(H,24,25)/t15-/m1/s1. The highest BCUT2D eigenvalue weighted by molar-refractivity contribution is 5.74. The lowest BCUT2D eigenvalue weighted by molar-refractivity contribution is -0.142. The van der Waals surface area contributed by atoms with Crippen LogP contribution in [0.1, 0.15) is 37.6 Å². The smallest absolute Gasteiger partial charge is 0.320 e. The number of carboxylic acids is 1. The number of hydrogen-bond donors (Lipinski definition) is 1. The van der Waals surface area contributed by atoms with Gasteiger partial charge in [0.05, 0.1) is 0 Å². The van der Waals surface area contributed by atoms with Gasteiger partial charge in [-0.25, -0.2) is 9.97 Å². The molecule has 1 spiro atoms. The molecule has 2 aliphatic heterocycles. The van der Waals surface area contributed by atoms with Gasteiger partial charge in [0, 0.05) is 58.2 Å². The normalized spacial score (nSPS) is 22.7. The van der Waals surface area contributed by atoms with Gasteiger partial charge < -0.3 is 14.7 Å². The molecular weight excluding hydrogens is 336 g/mol. The quantitative estimate of drug-likeness (QED) is 0.832. The van der Waals surface area contributed by atoms with Crippen LogP contribution in [0.25, 0.3) is 0 Å². The van der Waals surface area contributed by atoms with E-state index in [0.29, 0.717) is 38.5 Å². The van der Waals surface area contributed by atoms with E-state index in [1.165, 1.54) is 0 Å². The molecule has 0 aliphatic carbocycles. The summed E-state index contributed by atoms with van der Waals surface area (Å²) >= 11 is 0. The maximum Gasteiger partial charge on any atom is 0.320 e. The molecular formula is C18H26N4O4. The third kappa shape index (κ3) is 4.02. The number of aromatic nitrogens is 2. The minimum atomic E-state index is -0.784. The molecule has 2 fully saturated rings. The topological polar surface area (TPSA) is 95.9 Å². The van der Waals surface area contributed by atoms with Crippen LogP contribution in [0.4, 0.5) is 0 Å². The fourth-order valence-electron chi connectivity index (χ4n) is 4.11. The lowest BCUT2D eigenvalue weighted by atomic mass is 9.76. The van der Waals surface area contributed by atoms with Crippen LogP contribution in [0, 0.1) is 5.41 Å². The summed E-state index contributed by atoms with van der Waals surface area (Å²) in [7, 11) is 1.59. The highest BCUT2D eigenvalue weighted by Crippen LogP contribution is 2.43. The van der Waals surface area contributed by atoms with E-state index in [9.17, 15) is 14.7 Å². The Bertz CT molecular complexity index is 656. The lowest BCUT2D eigenvalue weighted by Crippen LogP contribution is -2.43. The van der Waals surface area contributed by atoms with Crippen molar-refractivity contribution in [2.75, 3.05) is 26.7 Å². The van der Waals surface area contributed by atoms with Crippen LogP contribution in [-0.4, -0.2) is 69.5 Å². The number of likely N-dealkylation sites (tertiary alicyclic amines) is 2. The Morgan fingerprint density at radius 1 is 1.31 bits per heavy atom.